The smallest absolute Gasteiger partial charge is 0.296 e. The average molecular weight is 366 g/mol. The van der Waals surface area contributed by atoms with Gasteiger partial charge in [-0.3, -0.25) is 14.7 Å². The maximum atomic E-state index is 13.5. The maximum Gasteiger partial charge on any atom is 0.435 e. The monoisotopic (exact) mass is 366 g/mol. The van der Waals surface area contributed by atoms with E-state index >= 15 is 0 Å². The van der Waals surface area contributed by atoms with Crippen LogP contribution in [0.2, 0.25) is 0 Å². The first kappa shape index (κ1) is 19.3. The largest absolute Gasteiger partial charge is 0.435 e. The number of rotatable bonds is 4. The number of hydrogen-bond acceptors (Lipinski definition) is 4. The highest BCUT2D eigenvalue weighted by atomic mass is 19.4. The van der Waals surface area contributed by atoms with Crippen LogP contribution in [0.4, 0.5) is 23.2 Å². The van der Waals surface area contributed by atoms with E-state index in [2.05, 4.69) is 9.97 Å². The molecule has 0 bridgehead atoms. The number of amides is 1. The maximum absolute atomic E-state index is 13.5. The Labute approximate surface area is 146 Å². The van der Waals surface area contributed by atoms with E-state index in [-0.39, 0.29) is 11.3 Å². The Hall–Kier alpha value is -3.02. The number of carbonyl (C=O) groups excluding carboxylic acids is 1. The number of nitrogens with zero attached hydrogens (tertiary/aromatic N) is 4. The Morgan fingerprint density at radius 1 is 1.31 bits per heavy atom. The van der Waals surface area contributed by atoms with E-state index in [1.54, 1.807) is 6.07 Å². The van der Waals surface area contributed by atoms with Crippen LogP contribution in [-0.4, -0.2) is 22.4 Å². The number of aromatic nitrogens is 2. The summed E-state index contributed by atoms with van der Waals surface area (Å²) in [7, 11) is 0. The van der Waals surface area contributed by atoms with Crippen molar-refractivity contribution in [2.45, 2.75) is 20.0 Å². The van der Waals surface area contributed by atoms with Gasteiger partial charge in [0.05, 0.1) is 23.6 Å². The molecule has 0 saturated carbocycles. The van der Waals surface area contributed by atoms with Gasteiger partial charge in [-0.05, 0) is 18.2 Å². The first-order valence-electron chi connectivity index (χ1n) is 7.52. The van der Waals surface area contributed by atoms with E-state index in [9.17, 15) is 22.4 Å². The quantitative estimate of drug-likeness (QED) is 0.609. The van der Waals surface area contributed by atoms with Crippen molar-refractivity contribution in [3.8, 4) is 17.3 Å². The number of pyridine rings is 2. The number of anilines is 1. The Morgan fingerprint density at radius 3 is 2.54 bits per heavy atom. The fourth-order valence-electron chi connectivity index (χ4n) is 2.26. The standard InChI is InChI=1S/C17H14F4N4O/c1-10(2)16(26)25(6-5-22)14-4-3-13(24-15(14)17(19,20)21)11-7-12(18)9-23-8-11/h3-4,7-10H,6H2,1-2H3. The van der Waals surface area contributed by atoms with Gasteiger partial charge in [0.15, 0.2) is 5.69 Å². The first-order chi connectivity index (χ1) is 12.1. The van der Waals surface area contributed by atoms with Crippen LogP contribution in [0.3, 0.4) is 0 Å². The minimum Gasteiger partial charge on any atom is -0.296 e. The molecule has 0 fully saturated rings. The van der Waals surface area contributed by atoms with Crippen LogP contribution >= 0.6 is 0 Å². The molecule has 136 valence electrons. The summed E-state index contributed by atoms with van der Waals surface area (Å²) in [5, 5.41) is 8.89. The zero-order valence-corrected chi connectivity index (χ0v) is 13.9. The molecule has 0 aliphatic rings. The second-order valence-electron chi connectivity index (χ2n) is 5.69. The van der Waals surface area contributed by atoms with Crippen molar-refractivity contribution in [2.24, 2.45) is 5.92 Å². The molecule has 26 heavy (non-hydrogen) atoms. The molecule has 0 atom stereocenters. The van der Waals surface area contributed by atoms with E-state index in [4.69, 9.17) is 5.26 Å². The molecule has 5 nitrogen and oxygen atoms in total. The molecule has 0 aliphatic heterocycles. The van der Waals surface area contributed by atoms with E-state index in [1.165, 1.54) is 26.1 Å². The minimum atomic E-state index is -4.88. The van der Waals surface area contributed by atoms with Crippen molar-refractivity contribution >= 4 is 11.6 Å². The lowest BCUT2D eigenvalue weighted by atomic mass is 10.1. The lowest BCUT2D eigenvalue weighted by Gasteiger charge is -2.25. The molecule has 1 amide bonds. The molecule has 0 aromatic carbocycles. The SMILES string of the molecule is CC(C)C(=O)N(CC#N)c1ccc(-c2cncc(F)c2)nc1C(F)(F)F. The normalized spacial score (nSPS) is 11.3. The summed E-state index contributed by atoms with van der Waals surface area (Å²) in [5.74, 6) is -1.97. The molecule has 2 aromatic rings. The Morgan fingerprint density at radius 2 is 2.00 bits per heavy atom. The molecule has 0 spiro atoms. The predicted molar refractivity (Wildman–Crippen MR) is 85.2 cm³/mol. The van der Waals surface area contributed by atoms with E-state index in [1.807, 2.05) is 0 Å². The number of hydrogen-bond donors (Lipinski definition) is 0. The van der Waals surface area contributed by atoms with Gasteiger partial charge >= 0.3 is 6.18 Å². The van der Waals surface area contributed by atoms with E-state index in [0.29, 0.717) is 0 Å². The second-order valence-corrected chi connectivity index (χ2v) is 5.69. The van der Waals surface area contributed by atoms with Crippen molar-refractivity contribution in [3.63, 3.8) is 0 Å². The molecule has 0 radical (unpaired) electrons. The van der Waals surface area contributed by atoms with Crippen LogP contribution < -0.4 is 4.90 Å². The molecule has 0 N–H and O–H groups in total. The van der Waals surface area contributed by atoms with Gasteiger partial charge in [0.2, 0.25) is 5.91 Å². The summed E-state index contributed by atoms with van der Waals surface area (Å²) in [6.07, 6.45) is -2.78. The van der Waals surface area contributed by atoms with Crippen LogP contribution in [-0.2, 0) is 11.0 Å². The molecule has 9 heteroatoms. The summed E-state index contributed by atoms with van der Waals surface area (Å²) < 4.78 is 53.8. The van der Waals surface area contributed by atoms with Gasteiger partial charge in [0, 0.05) is 17.7 Å². The zero-order chi connectivity index (χ0) is 19.5. The summed E-state index contributed by atoms with van der Waals surface area (Å²) >= 11 is 0. The van der Waals surface area contributed by atoms with Crippen molar-refractivity contribution in [3.05, 3.63) is 42.1 Å². The Bertz CT molecular complexity index is 859. The number of carbonyl (C=O) groups is 1. The van der Waals surface area contributed by atoms with Crippen LogP contribution in [0.25, 0.3) is 11.3 Å². The highest BCUT2D eigenvalue weighted by Gasteiger charge is 2.38. The third-order valence-corrected chi connectivity index (χ3v) is 3.42. The Kier molecular flexibility index (Phi) is 5.55. The second kappa shape index (κ2) is 7.47. The molecular weight excluding hydrogens is 352 g/mol. The third kappa shape index (κ3) is 4.14. The molecule has 0 unspecified atom stereocenters. The molecule has 0 aliphatic carbocycles. The Balaban J connectivity index is 2.63. The van der Waals surface area contributed by atoms with Gasteiger partial charge in [-0.15, -0.1) is 0 Å². The van der Waals surface area contributed by atoms with Gasteiger partial charge in [0.1, 0.15) is 12.4 Å². The van der Waals surface area contributed by atoms with Crippen LogP contribution in [0.5, 0.6) is 0 Å². The van der Waals surface area contributed by atoms with Gasteiger partial charge in [-0.25, -0.2) is 9.37 Å². The summed E-state index contributed by atoms with van der Waals surface area (Å²) in [5.41, 5.74) is -1.94. The van der Waals surface area contributed by atoms with Crippen LogP contribution in [0, 0.1) is 23.1 Å². The summed E-state index contributed by atoms with van der Waals surface area (Å²) in [4.78, 5) is 20.1. The highest BCUT2D eigenvalue weighted by molar-refractivity contribution is 5.95. The molecule has 0 saturated heterocycles. The highest BCUT2D eigenvalue weighted by Crippen LogP contribution is 2.37. The van der Waals surface area contributed by atoms with Gasteiger partial charge < -0.3 is 0 Å². The molecular formula is C17H14F4N4O. The van der Waals surface area contributed by atoms with Crippen molar-refractivity contribution < 1.29 is 22.4 Å². The van der Waals surface area contributed by atoms with E-state index < -0.39 is 41.7 Å². The topological polar surface area (TPSA) is 69.9 Å². The van der Waals surface area contributed by atoms with Gasteiger partial charge in [-0.1, -0.05) is 13.8 Å². The van der Waals surface area contributed by atoms with Gasteiger partial charge in [-0.2, -0.15) is 18.4 Å². The van der Waals surface area contributed by atoms with Crippen LogP contribution in [0.1, 0.15) is 19.5 Å². The lowest BCUT2D eigenvalue weighted by Crippen LogP contribution is -2.36. The number of alkyl halides is 3. The minimum absolute atomic E-state index is 0.0593. The molecule has 2 rings (SSSR count). The predicted octanol–water partition coefficient (Wildman–Crippen LogP) is 3.81. The lowest BCUT2D eigenvalue weighted by molar-refractivity contribution is -0.140. The average Bonchev–Trinajstić information content (AvgIpc) is 2.58. The first-order valence-corrected chi connectivity index (χ1v) is 7.52. The summed E-state index contributed by atoms with van der Waals surface area (Å²) in [6.45, 7) is 2.48. The fourth-order valence-corrected chi connectivity index (χ4v) is 2.26. The molecule has 2 aromatic heterocycles. The number of nitriles is 1. The van der Waals surface area contributed by atoms with Crippen LogP contribution in [0.15, 0.2) is 30.6 Å². The molecule has 2 heterocycles. The van der Waals surface area contributed by atoms with Crippen molar-refractivity contribution in [1.82, 2.24) is 9.97 Å². The van der Waals surface area contributed by atoms with E-state index in [0.717, 1.165) is 23.2 Å². The zero-order valence-electron chi connectivity index (χ0n) is 13.9. The fraction of sp³-hybridized carbons (Fsp3) is 0.294. The van der Waals surface area contributed by atoms with Crippen molar-refractivity contribution in [1.29, 1.82) is 5.26 Å². The van der Waals surface area contributed by atoms with Crippen molar-refractivity contribution in [2.75, 3.05) is 11.4 Å². The summed E-state index contributed by atoms with van der Waals surface area (Å²) in [6, 6.07) is 4.96. The van der Waals surface area contributed by atoms with Gasteiger partial charge in [0.25, 0.3) is 0 Å². The third-order valence-electron chi connectivity index (χ3n) is 3.42. The number of halogens is 4.